The molecule has 0 heterocycles. The molecule has 0 aliphatic rings. The lowest BCUT2D eigenvalue weighted by atomic mass is 10.1. The number of hydrogen-bond donors (Lipinski definition) is 0. The summed E-state index contributed by atoms with van der Waals surface area (Å²) in [7, 11) is 0. The van der Waals surface area contributed by atoms with Gasteiger partial charge in [-0.1, -0.05) is 25.4 Å². The zero-order valence-electron chi connectivity index (χ0n) is 6.56. The summed E-state index contributed by atoms with van der Waals surface area (Å²) in [5, 5.41) is 17.2. The normalized spacial score (nSPS) is 8.55. The third kappa shape index (κ3) is 3.65. The largest absolute Gasteiger partial charge is 0.192 e. The number of nitriles is 2. The molecule has 0 bridgehead atoms. The first-order chi connectivity index (χ1) is 5.11. The molecule has 2 nitrogen and oxygen atoms in total. The van der Waals surface area contributed by atoms with Gasteiger partial charge in [-0.05, 0) is 12.3 Å². The molecule has 0 atom stereocenters. The van der Waals surface area contributed by atoms with Crippen molar-refractivity contribution >= 4 is 11.6 Å². The van der Waals surface area contributed by atoms with E-state index in [1.807, 2.05) is 13.8 Å². The molecule has 0 spiro atoms. The maximum Gasteiger partial charge on any atom is 0.144 e. The third-order valence-electron chi connectivity index (χ3n) is 1.08. The second-order valence-corrected chi connectivity index (χ2v) is 3.06. The first-order valence-corrected chi connectivity index (χ1v) is 3.68. The van der Waals surface area contributed by atoms with Crippen LogP contribution in [0, 0.1) is 28.6 Å². The van der Waals surface area contributed by atoms with Crippen LogP contribution >= 0.6 is 11.6 Å². The Kier molecular flexibility index (Phi) is 4.34. The lowest BCUT2D eigenvalue weighted by Crippen LogP contribution is -1.89. The fourth-order valence-electron chi connectivity index (χ4n) is 0.607. The predicted octanol–water partition coefficient (Wildman–Crippen LogP) is 2.57. The van der Waals surface area contributed by atoms with Gasteiger partial charge in [0, 0.05) is 5.03 Å². The van der Waals surface area contributed by atoms with Gasteiger partial charge >= 0.3 is 0 Å². The number of allylic oxidation sites excluding steroid dienone is 2. The number of hydrogen-bond acceptors (Lipinski definition) is 2. The van der Waals surface area contributed by atoms with Gasteiger partial charge in [-0.25, -0.2) is 0 Å². The average molecular weight is 169 g/mol. The molecule has 0 aromatic heterocycles. The molecular weight excluding hydrogens is 160 g/mol. The van der Waals surface area contributed by atoms with E-state index in [0.29, 0.717) is 17.4 Å². The van der Waals surface area contributed by atoms with Gasteiger partial charge in [0.1, 0.15) is 17.7 Å². The van der Waals surface area contributed by atoms with Crippen molar-refractivity contribution in [3.05, 3.63) is 10.6 Å². The minimum atomic E-state index is 0.0281. The Morgan fingerprint density at radius 1 is 1.36 bits per heavy atom. The highest BCUT2D eigenvalue weighted by atomic mass is 35.5. The summed E-state index contributed by atoms with van der Waals surface area (Å²) in [6, 6.07) is 3.49. The zero-order valence-corrected chi connectivity index (χ0v) is 7.31. The molecule has 0 unspecified atom stereocenters. The number of rotatable bonds is 2. The van der Waals surface area contributed by atoms with E-state index in [0.717, 1.165) is 0 Å². The maximum absolute atomic E-state index is 8.39. The smallest absolute Gasteiger partial charge is 0.144 e. The van der Waals surface area contributed by atoms with Crippen LogP contribution in [0.3, 0.4) is 0 Å². The topological polar surface area (TPSA) is 47.6 Å². The summed E-state index contributed by atoms with van der Waals surface area (Å²) in [6.07, 6.45) is 0.595. The maximum atomic E-state index is 8.39. The van der Waals surface area contributed by atoms with E-state index < -0.39 is 0 Å². The first-order valence-electron chi connectivity index (χ1n) is 3.30. The highest BCUT2D eigenvalue weighted by Gasteiger charge is 2.04. The van der Waals surface area contributed by atoms with Crippen LogP contribution in [0.25, 0.3) is 0 Å². The van der Waals surface area contributed by atoms with Crippen molar-refractivity contribution in [1.29, 1.82) is 10.5 Å². The van der Waals surface area contributed by atoms with Crippen molar-refractivity contribution in [3.8, 4) is 12.1 Å². The molecule has 0 saturated heterocycles. The van der Waals surface area contributed by atoms with E-state index in [9.17, 15) is 0 Å². The average Bonchev–Trinajstić information content (AvgIpc) is 1.88. The summed E-state index contributed by atoms with van der Waals surface area (Å²) in [5.41, 5.74) is 0.0281. The molecule has 0 amide bonds. The van der Waals surface area contributed by atoms with Gasteiger partial charge in [-0.3, -0.25) is 0 Å². The van der Waals surface area contributed by atoms with Gasteiger partial charge in [-0.15, -0.1) is 0 Å². The fraction of sp³-hybridized carbons (Fsp3) is 0.500. The second-order valence-electron chi connectivity index (χ2n) is 2.60. The molecule has 58 valence electrons. The zero-order chi connectivity index (χ0) is 8.85. The molecule has 0 N–H and O–H groups in total. The predicted molar refractivity (Wildman–Crippen MR) is 43.6 cm³/mol. The quantitative estimate of drug-likeness (QED) is 0.595. The van der Waals surface area contributed by atoms with Crippen molar-refractivity contribution in [2.75, 3.05) is 0 Å². The summed E-state index contributed by atoms with van der Waals surface area (Å²) >= 11 is 5.68. The SMILES string of the molecule is CC(C)CC(Cl)=C(C#N)C#N. The Morgan fingerprint density at radius 2 is 1.82 bits per heavy atom. The molecule has 0 rings (SSSR count). The van der Waals surface area contributed by atoms with Crippen LogP contribution in [0.1, 0.15) is 20.3 Å². The first kappa shape index (κ1) is 10.0. The molecule has 0 saturated carbocycles. The van der Waals surface area contributed by atoms with Crippen molar-refractivity contribution in [3.63, 3.8) is 0 Å². The molecule has 0 aliphatic heterocycles. The van der Waals surface area contributed by atoms with E-state index in [1.54, 1.807) is 12.1 Å². The highest BCUT2D eigenvalue weighted by molar-refractivity contribution is 6.30. The standard InChI is InChI=1S/C8H9ClN2/c1-6(2)3-8(9)7(4-10)5-11/h6H,3H2,1-2H3. The summed E-state index contributed by atoms with van der Waals surface area (Å²) in [5.74, 6) is 0.374. The molecule has 0 aromatic rings. The van der Waals surface area contributed by atoms with Crippen LogP contribution in [0.4, 0.5) is 0 Å². The monoisotopic (exact) mass is 168 g/mol. The van der Waals surface area contributed by atoms with Crippen molar-refractivity contribution < 1.29 is 0 Å². The Labute approximate surface area is 71.7 Å². The Morgan fingerprint density at radius 3 is 2.09 bits per heavy atom. The van der Waals surface area contributed by atoms with E-state index in [-0.39, 0.29) is 5.57 Å². The molecular formula is C8H9ClN2. The molecule has 0 aliphatic carbocycles. The van der Waals surface area contributed by atoms with Crippen LogP contribution in [0.2, 0.25) is 0 Å². The third-order valence-corrected chi connectivity index (χ3v) is 1.43. The van der Waals surface area contributed by atoms with Crippen molar-refractivity contribution in [2.24, 2.45) is 5.92 Å². The summed E-state index contributed by atoms with van der Waals surface area (Å²) in [4.78, 5) is 0. The fourth-order valence-corrected chi connectivity index (χ4v) is 1.000. The van der Waals surface area contributed by atoms with Gasteiger partial charge in [0.15, 0.2) is 0 Å². The Bertz CT molecular complexity index is 224. The lowest BCUT2D eigenvalue weighted by molar-refractivity contribution is 0.656. The summed E-state index contributed by atoms with van der Waals surface area (Å²) in [6.45, 7) is 3.96. The molecule has 0 aromatic carbocycles. The molecule has 11 heavy (non-hydrogen) atoms. The molecule has 0 fully saturated rings. The lowest BCUT2D eigenvalue weighted by Gasteiger charge is -2.00. The van der Waals surface area contributed by atoms with Gasteiger partial charge < -0.3 is 0 Å². The van der Waals surface area contributed by atoms with Crippen LogP contribution in [0.5, 0.6) is 0 Å². The Balaban J connectivity index is 4.43. The van der Waals surface area contributed by atoms with E-state index >= 15 is 0 Å². The van der Waals surface area contributed by atoms with Crippen LogP contribution in [-0.2, 0) is 0 Å². The number of halogens is 1. The number of nitrogens with zero attached hydrogens (tertiary/aromatic N) is 2. The van der Waals surface area contributed by atoms with E-state index in [2.05, 4.69) is 0 Å². The minimum Gasteiger partial charge on any atom is -0.192 e. The van der Waals surface area contributed by atoms with Crippen LogP contribution in [0.15, 0.2) is 10.6 Å². The van der Waals surface area contributed by atoms with Crippen molar-refractivity contribution in [1.82, 2.24) is 0 Å². The summed E-state index contributed by atoms with van der Waals surface area (Å²) < 4.78 is 0. The minimum absolute atomic E-state index is 0.0281. The van der Waals surface area contributed by atoms with Gasteiger partial charge in [-0.2, -0.15) is 10.5 Å². The molecule has 0 radical (unpaired) electrons. The Hall–Kier alpha value is -0.990. The van der Waals surface area contributed by atoms with Gasteiger partial charge in [0.25, 0.3) is 0 Å². The van der Waals surface area contributed by atoms with Gasteiger partial charge in [0.05, 0.1) is 0 Å². The van der Waals surface area contributed by atoms with E-state index in [4.69, 9.17) is 22.1 Å². The van der Waals surface area contributed by atoms with Crippen LogP contribution < -0.4 is 0 Å². The van der Waals surface area contributed by atoms with Crippen molar-refractivity contribution in [2.45, 2.75) is 20.3 Å². The van der Waals surface area contributed by atoms with Crippen LogP contribution in [-0.4, -0.2) is 0 Å². The molecule has 3 heteroatoms. The highest BCUT2D eigenvalue weighted by Crippen LogP contribution is 2.17. The van der Waals surface area contributed by atoms with Gasteiger partial charge in [0.2, 0.25) is 0 Å². The van der Waals surface area contributed by atoms with E-state index in [1.165, 1.54) is 0 Å². The second kappa shape index (κ2) is 4.77.